The van der Waals surface area contributed by atoms with Gasteiger partial charge in [-0.15, -0.1) is 0 Å². The number of benzene rings is 1. The van der Waals surface area contributed by atoms with Crippen molar-refractivity contribution in [2.45, 2.75) is 45.6 Å². The van der Waals surface area contributed by atoms with Crippen LogP contribution in [0.5, 0.6) is 0 Å². The van der Waals surface area contributed by atoms with Crippen molar-refractivity contribution in [3.63, 3.8) is 0 Å². The Morgan fingerprint density at radius 3 is 2.33 bits per heavy atom. The lowest BCUT2D eigenvalue weighted by atomic mass is 9.91. The molecule has 1 nitrogen and oxygen atoms in total. The molecule has 1 N–H and O–H groups in total. The molecule has 18 heavy (non-hydrogen) atoms. The van der Waals surface area contributed by atoms with E-state index in [0.717, 1.165) is 25.3 Å². The number of hydrogen-bond donors (Lipinski definition) is 1. The van der Waals surface area contributed by atoms with Crippen LogP contribution in [-0.2, 0) is 6.42 Å². The van der Waals surface area contributed by atoms with E-state index in [4.69, 9.17) is 0 Å². The Kier molecular flexibility index (Phi) is 6.27. The number of rotatable bonds is 7. The van der Waals surface area contributed by atoms with Crippen molar-refractivity contribution in [2.24, 2.45) is 5.92 Å². The summed E-state index contributed by atoms with van der Waals surface area (Å²) in [6, 6.07) is 4.07. The lowest BCUT2D eigenvalue weighted by Crippen LogP contribution is -2.30. The summed E-state index contributed by atoms with van der Waals surface area (Å²) in [7, 11) is 1.90. The molecule has 0 aliphatic carbocycles. The average Bonchev–Trinajstić information content (AvgIpc) is 2.37. The van der Waals surface area contributed by atoms with E-state index in [2.05, 4.69) is 19.2 Å². The zero-order chi connectivity index (χ0) is 13.5. The Bertz CT molecular complexity index is 362. The summed E-state index contributed by atoms with van der Waals surface area (Å²) in [5.74, 6) is -0.303. The van der Waals surface area contributed by atoms with Gasteiger partial charge in [0.25, 0.3) is 0 Å². The number of nitrogens with one attached hydrogen (secondary N) is 1. The summed E-state index contributed by atoms with van der Waals surface area (Å²) in [4.78, 5) is 0. The standard InChI is InChI=1S/C15H23F2N/c1-4-11(5-2)8-14(18-3)9-12-6-7-13(16)10-15(12)17/h6-7,10-11,14,18H,4-5,8-9H2,1-3H3. The molecular weight excluding hydrogens is 232 g/mol. The normalized spacial score (nSPS) is 13.0. The number of hydrogen-bond acceptors (Lipinski definition) is 1. The maximum absolute atomic E-state index is 13.6. The summed E-state index contributed by atoms with van der Waals surface area (Å²) in [5, 5.41) is 3.23. The van der Waals surface area contributed by atoms with Gasteiger partial charge in [-0.25, -0.2) is 8.78 Å². The van der Waals surface area contributed by atoms with Gasteiger partial charge in [0.2, 0.25) is 0 Å². The average molecular weight is 255 g/mol. The van der Waals surface area contributed by atoms with Crippen LogP contribution >= 0.6 is 0 Å². The van der Waals surface area contributed by atoms with Gasteiger partial charge in [-0.1, -0.05) is 32.8 Å². The molecule has 1 rings (SSSR count). The highest BCUT2D eigenvalue weighted by Crippen LogP contribution is 2.19. The van der Waals surface area contributed by atoms with Crippen LogP contribution in [-0.4, -0.2) is 13.1 Å². The van der Waals surface area contributed by atoms with Gasteiger partial charge in [0.1, 0.15) is 11.6 Å². The molecule has 0 saturated carbocycles. The van der Waals surface area contributed by atoms with E-state index in [1.54, 1.807) is 6.07 Å². The molecule has 1 aromatic carbocycles. The molecule has 0 heterocycles. The first-order valence-electron chi connectivity index (χ1n) is 6.71. The van der Waals surface area contributed by atoms with E-state index in [1.807, 2.05) is 7.05 Å². The molecule has 0 aromatic heterocycles. The zero-order valence-corrected chi connectivity index (χ0v) is 11.5. The Morgan fingerprint density at radius 1 is 1.17 bits per heavy atom. The van der Waals surface area contributed by atoms with Gasteiger partial charge in [0, 0.05) is 12.1 Å². The van der Waals surface area contributed by atoms with Gasteiger partial charge in [-0.3, -0.25) is 0 Å². The number of halogens is 2. The largest absolute Gasteiger partial charge is 0.317 e. The van der Waals surface area contributed by atoms with Crippen LogP contribution in [0.3, 0.4) is 0 Å². The Balaban J connectivity index is 2.67. The molecule has 0 amide bonds. The second-order valence-corrected chi connectivity index (χ2v) is 4.84. The quantitative estimate of drug-likeness (QED) is 0.778. The molecule has 0 fully saturated rings. The molecule has 0 aliphatic heterocycles. The van der Waals surface area contributed by atoms with E-state index in [9.17, 15) is 8.78 Å². The molecule has 1 unspecified atom stereocenters. The topological polar surface area (TPSA) is 12.0 Å². The maximum Gasteiger partial charge on any atom is 0.129 e. The van der Waals surface area contributed by atoms with Gasteiger partial charge in [0.15, 0.2) is 0 Å². The predicted octanol–water partition coefficient (Wildman–Crippen LogP) is 3.92. The van der Waals surface area contributed by atoms with Crippen LogP contribution in [0.15, 0.2) is 18.2 Å². The summed E-state index contributed by atoms with van der Waals surface area (Å²) in [5.41, 5.74) is 0.585. The molecule has 0 aliphatic rings. The van der Waals surface area contributed by atoms with Crippen molar-refractivity contribution in [3.05, 3.63) is 35.4 Å². The summed E-state index contributed by atoms with van der Waals surface area (Å²) < 4.78 is 26.4. The van der Waals surface area contributed by atoms with Crippen LogP contribution in [0.25, 0.3) is 0 Å². The third-order valence-electron chi connectivity index (χ3n) is 3.66. The highest BCUT2D eigenvalue weighted by atomic mass is 19.1. The minimum Gasteiger partial charge on any atom is -0.317 e. The molecule has 0 saturated heterocycles. The Morgan fingerprint density at radius 2 is 1.83 bits per heavy atom. The third kappa shape index (κ3) is 4.37. The fourth-order valence-electron chi connectivity index (χ4n) is 2.28. The predicted molar refractivity (Wildman–Crippen MR) is 71.6 cm³/mol. The van der Waals surface area contributed by atoms with Crippen molar-refractivity contribution < 1.29 is 8.78 Å². The maximum atomic E-state index is 13.6. The first-order chi connectivity index (χ1) is 8.60. The smallest absolute Gasteiger partial charge is 0.129 e. The first-order valence-corrected chi connectivity index (χ1v) is 6.71. The van der Waals surface area contributed by atoms with Crippen LogP contribution < -0.4 is 5.32 Å². The van der Waals surface area contributed by atoms with Crippen molar-refractivity contribution in [3.8, 4) is 0 Å². The Labute approximate surface area is 109 Å². The minimum atomic E-state index is -0.516. The molecular formula is C15H23F2N. The molecule has 1 atom stereocenters. The SMILES string of the molecule is CCC(CC)CC(Cc1ccc(F)cc1F)NC. The second-order valence-electron chi connectivity index (χ2n) is 4.84. The lowest BCUT2D eigenvalue weighted by molar-refractivity contribution is 0.374. The molecule has 3 heteroatoms. The summed E-state index contributed by atoms with van der Waals surface area (Å²) in [6.07, 6.45) is 3.92. The van der Waals surface area contributed by atoms with Gasteiger partial charge in [0.05, 0.1) is 0 Å². The van der Waals surface area contributed by atoms with Crippen molar-refractivity contribution in [1.29, 1.82) is 0 Å². The first kappa shape index (κ1) is 15.1. The van der Waals surface area contributed by atoms with E-state index < -0.39 is 11.6 Å². The van der Waals surface area contributed by atoms with Gasteiger partial charge < -0.3 is 5.32 Å². The molecule has 0 spiro atoms. The van der Waals surface area contributed by atoms with Crippen molar-refractivity contribution in [2.75, 3.05) is 7.05 Å². The monoisotopic (exact) mass is 255 g/mol. The molecule has 0 radical (unpaired) electrons. The minimum absolute atomic E-state index is 0.245. The van der Waals surface area contributed by atoms with Crippen molar-refractivity contribution in [1.82, 2.24) is 5.32 Å². The van der Waals surface area contributed by atoms with Crippen LogP contribution in [0.1, 0.15) is 38.7 Å². The third-order valence-corrected chi connectivity index (χ3v) is 3.66. The Hall–Kier alpha value is -0.960. The van der Waals surface area contributed by atoms with Gasteiger partial charge >= 0.3 is 0 Å². The fourth-order valence-corrected chi connectivity index (χ4v) is 2.28. The highest BCUT2D eigenvalue weighted by molar-refractivity contribution is 5.19. The van der Waals surface area contributed by atoms with Gasteiger partial charge in [-0.2, -0.15) is 0 Å². The van der Waals surface area contributed by atoms with Crippen molar-refractivity contribution >= 4 is 0 Å². The lowest BCUT2D eigenvalue weighted by Gasteiger charge is -2.21. The van der Waals surface area contributed by atoms with E-state index >= 15 is 0 Å². The highest BCUT2D eigenvalue weighted by Gasteiger charge is 2.15. The summed E-state index contributed by atoms with van der Waals surface area (Å²) >= 11 is 0. The molecule has 0 bridgehead atoms. The van der Waals surface area contributed by atoms with Crippen LogP contribution in [0.4, 0.5) is 8.78 Å². The molecule has 1 aromatic rings. The zero-order valence-electron chi connectivity index (χ0n) is 11.5. The van der Waals surface area contributed by atoms with E-state index in [1.165, 1.54) is 6.07 Å². The van der Waals surface area contributed by atoms with E-state index in [-0.39, 0.29) is 6.04 Å². The summed E-state index contributed by atoms with van der Waals surface area (Å²) in [6.45, 7) is 4.36. The fraction of sp³-hybridized carbons (Fsp3) is 0.600. The van der Waals surface area contributed by atoms with Crippen LogP contribution in [0, 0.1) is 17.6 Å². The molecule has 102 valence electrons. The van der Waals surface area contributed by atoms with Gasteiger partial charge in [-0.05, 0) is 37.4 Å². The van der Waals surface area contributed by atoms with E-state index in [0.29, 0.717) is 17.9 Å². The number of likely N-dealkylation sites (N-methyl/N-ethyl adjacent to an activating group) is 1. The second kappa shape index (κ2) is 7.47. The van der Waals surface area contributed by atoms with Crippen LogP contribution in [0.2, 0.25) is 0 Å².